The highest BCUT2D eigenvalue weighted by Gasteiger charge is 2.22. The number of primary amides is 1. The number of aliphatic hydroxyl groups excluding tert-OH is 1. The Bertz CT molecular complexity index is 420. The van der Waals surface area contributed by atoms with Crippen molar-refractivity contribution in [2.45, 2.75) is 12.5 Å². The summed E-state index contributed by atoms with van der Waals surface area (Å²) >= 11 is 0. The van der Waals surface area contributed by atoms with Crippen molar-refractivity contribution < 1.29 is 9.90 Å². The Morgan fingerprint density at radius 1 is 1.62 bits per heavy atom. The van der Waals surface area contributed by atoms with Crippen molar-refractivity contribution in [3.8, 4) is 0 Å². The smallest absolute Gasteiger partial charge is 0.316 e. The van der Waals surface area contributed by atoms with E-state index < -0.39 is 12.1 Å². The summed E-state index contributed by atoms with van der Waals surface area (Å²) in [6.45, 7) is 0.604. The molecule has 16 heavy (non-hydrogen) atoms. The summed E-state index contributed by atoms with van der Waals surface area (Å²) in [6.07, 6.45) is 0.129. The summed E-state index contributed by atoms with van der Waals surface area (Å²) in [4.78, 5) is 12.8. The molecular weight excluding hydrogens is 206 g/mol. The maximum absolute atomic E-state index is 10.9. The predicted molar refractivity (Wildman–Crippen MR) is 62.6 cm³/mol. The molecule has 1 unspecified atom stereocenters. The van der Waals surface area contributed by atoms with Gasteiger partial charge in [0.15, 0.2) is 0 Å². The fraction of sp³-hybridized carbons (Fsp3) is 0.364. The Labute approximate surface area is 93.9 Å². The molecule has 5 heteroatoms. The van der Waals surface area contributed by atoms with Crippen LogP contribution in [0, 0.1) is 0 Å². The van der Waals surface area contributed by atoms with Gasteiger partial charge < -0.3 is 21.1 Å². The molecule has 86 valence electrons. The lowest BCUT2D eigenvalue weighted by Crippen LogP contribution is -2.36. The Hall–Kier alpha value is -1.75. The lowest BCUT2D eigenvalue weighted by molar-refractivity contribution is 0.177. The van der Waals surface area contributed by atoms with Crippen LogP contribution in [0.25, 0.3) is 0 Å². The molecule has 0 spiro atoms. The molecule has 1 aromatic carbocycles. The van der Waals surface area contributed by atoms with E-state index in [2.05, 4.69) is 5.32 Å². The fourth-order valence-corrected chi connectivity index (χ4v) is 2.11. The van der Waals surface area contributed by atoms with Gasteiger partial charge in [0.05, 0.1) is 6.10 Å². The standard InChI is InChI=1S/C11H15N3O2/c1-14-6-7(15)5-8-9(13-11(12)16)3-2-4-10(8)14/h2-4,7,15H,5-6H2,1H3,(H3,12,13,16). The highest BCUT2D eigenvalue weighted by atomic mass is 16.3. The molecule has 0 saturated heterocycles. The predicted octanol–water partition coefficient (Wildman–Crippen LogP) is 0.530. The van der Waals surface area contributed by atoms with Crippen LogP contribution in [-0.4, -0.2) is 30.8 Å². The molecule has 0 bridgehead atoms. The summed E-state index contributed by atoms with van der Waals surface area (Å²) in [5.41, 5.74) is 7.73. The van der Waals surface area contributed by atoms with E-state index in [0.29, 0.717) is 18.7 Å². The minimum absolute atomic E-state index is 0.409. The van der Waals surface area contributed by atoms with Crippen molar-refractivity contribution in [3.05, 3.63) is 23.8 Å². The number of amides is 2. The van der Waals surface area contributed by atoms with E-state index in [4.69, 9.17) is 5.73 Å². The molecular formula is C11H15N3O2. The first kappa shape index (κ1) is 10.8. The maximum Gasteiger partial charge on any atom is 0.316 e. The van der Waals surface area contributed by atoms with Crippen LogP contribution in [0.5, 0.6) is 0 Å². The molecule has 2 rings (SSSR count). The number of fused-ring (bicyclic) bond motifs is 1. The highest BCUT2D eigenvalue weighted by molar-refractivity contribution is 5.90. The lowest BCUT2D eigenvalue weighted by atomic mass is 9.98. The van der Waals surface area contributed by atoms with Crippen LogP contribution in [0.2, 0.25) is 0 Å². The number of anilines is 2. The zero-order valence-corrected chi connectivity index (χ0v) is 9.10. The third-order valence-electron chi connectivity index (χ3n) is 2.74. The van der Waals surface area contributed by atoms with E-state index in [1.807, 2.05) is 24.1 Å². The van der Waals surface area contributed by atoms with Gasteiger partial charge in [-0.15, -0.1) is 0 Å². The summed E-state index contributed by atoms with van der Waals surface area (Å²) in [5.74, 6) is 0. The molecule has 1 atom stereocenters. The van der Waals surface area contributed by atoms with E-state index in [-0.39, 0.29) is 0 Å². The van der Waals surface area contributed by atoms with Gasteiger partial charge in [0.2, 0.25) is 0 Å². The number of rotatable bonds is 1. The number of nitrogens with zero attached hydrogens (tertiary/aromatic N) is 1. The monoisotopic (exact) mass is 221 g/mol. The average Bonchev–Trinajstić information content (AvgIpc) is 2.18. The van der Waals surface area contributed by atoms with Crippen LogP contribution in [0.3, 0.4) is 0 Å². The topological polar surface area (TPSA) is 78.6 Å². The number of hydrogen-bond acceptors (Lipinski definition) is 3. The van der Waals surface area contributed by atoms with Crippen LogP contribution in [0.1, 0.15) is 5.56 Å². The van der Waals surface area contributed by atoms with Gasteiger partial charge in [0.25, 0.3) is 0 Å². The van der Waals surface area contributed by atoms with Gasteiger partial charge in [-0.3, -0.25) is 0 Å². The first-order valence-corrected chi connectivity index (χ1v) is 5.15. The number of urea groups is 1. The highest BCUT2D eigenvalue weighted by Crippen LogP contribution is 2.31. The molecule has 1 aliphatic heterocycles. The minimum Gasteiger partial charge on any atom is -0.391 e. The SMILES string of the molecule is CN1CC(O)Cc2c(NC(N)=O)cccc21. The number of benzene rings is 1. The Balaban J connectivity index is 2.41. The van der Waals surface area contributed by atoms with Crippen LogP contribution in [0.4, 0.5) is 16.2 Å². The van der Waals surface area contributed by atoms with Crippen molar-refractivity contribution in [1.29, 1.82) is 0 Å². The molecule has 0 fully saturated rings. The molecule has 0 aliphatic carbocycles. The Morgan fingerprint density at radius 3 is 3.06 bits per heavy atom. The molecule has 1 aromatic rings. The van der Waals surface area contributed by atoms with E-state index in [1.54, 1.807) is 6.07 Å². The molecule has 1 aliphatic rings. The van der Waals surface area contributed by atoms with Crippen LogP contribution >= 0.6 is 0 Å². The number of nitrogens with one attached hydrogen (secondary N) is 1. The number of aliphatic hydroxyl groups is 1. The van der Waals surface area contributed by atoms with Crippen LogP contribution in [-0.2, 0) is 6.42 Å². The lowest BCUT2D eigenvalue weighted by Gasteiger charge is -2.32. The van der Waals surface area contributed by atoms with Crippen LogP contribution < -0.4 is 16.0 Å². The number of carbonyl (C=O) groups excluding carboxylic acids is 1. The normalized spacial score (nSPS) is 19.1. The number of carbonyl (C=O) groups is 1. The fourth-order valence-electron chi connectivity index (χ4n) is 2.11. The third-order valence-corrected chi connectivity index (χ3v) is 2.74. The zero-order chi connectivity index (χ0) is 11.7. The van der Waals surface area contributed by atoms with Gasteiger partial charge >= 0.3 is 6.03 Å². The first-order valence-electron chi connectivity index (χ1n) is 5.15. The summed E-state index contributed by atoms with van der Waals surface area (Å²) in [6, 6.07) is 5.03. The van der Waals surface area contributed by atoms with Crippen molar-refractivity contribution in [2.75, 3.05) is 23.8 Å². The maximum atomic E-state index is 10.9. The molecule has 2 amide bonds. The molecule has 0 aromatic heterocycles. The molecule has 0 saturated carbocycles. The van der Waals surface area contributed by atoms with Crippen molar-refractivity contribution >= 4 is 17.4 Å². The average molecular weight is 221 g/mol. The largest absolute Gasteiger partial charge is 0.391 e. The van der Waals surface area contributed by atoms with Crippen molar-refractivity contribution in [1.82, 2.24) is 0 Å². The second-order valence-electron chi connectivity index (χ2n) is 4.03. The molecule has 5 nitrogen and oxygen atoms in total. The summed E-state index contributed by atoms with van der Waals surface area (Å²) in [5, 5.41) is 12.3. The first-order chi connectivity index (χ1) is 7.58. The van der Waals surface area contributed by atoms with E-state index in [1.165, 1.54) is 0 Å². The third kappa shape index (κ3) is 1.94. The van der Waals surface area contributed by atoms with Crippen LogP contribution in [0.15, 0.2) is 18.2 Å². The van der Waals surface area contributed by atoms with Gasteiger partial charge in [0, 0.05) is 37.0 Å². The summed E-state index contributed by atoms with van der Waals surface area (Å²) in [7, 11) is 1.91. The van der Waals surface area contributed by atoms with E-state index in [0.717, 1.165) is 11.3 Å². The second kappa shape index (κ2) is 4.02. The number of likely N-dealkylation sites (N-methyl/N-ethyl adjacent to an activating group) is 1. The van der Waals surface area contributed by atoms with Gasteiger partial charge in [-0.1, -0.05) is 6.07 Å². The van der Waals surface area contributed by atoms with Gasteiger partial charge in [-0.25, -0.2) is 4.79 Å². The zero-order valence-electron chi connectivity index (χ0n) is 9.10. The number of nitrogens with two attached hydrogens (primary N) is 1. The second-order valence-corrected chi connectivity index (χ2v) is 4.03. The Morgan fingerprint density at radius 2 is 2.38 bits per heavy atom. The Kier molecular flexibility index (Phi) is 2.70. The van der Waals surface area contributed by atoms with Gasteiger partial charge in [-0.2, -0.15) is 0 Å². The molecule has 4 N–H and O–H groups in total. The molecule has 1 heterocycles. The van der Waals surface area contributed by atoms with Gasteiger partial charge in [-0.05, 0) is 12.1 Å². The van der Waals surface area contributed by atoms with E-state index >= 15 is 0 Å². The minimum atomic E-state index is -0.587. The number of β-amino-alcohol motifs (C(OH)–C–C–N with tert-alkyl or cyclic N) is 1. The van der Waals surface area contributed by atoms with Gasteiger partial charge in [0.1, 0.15) is 0 Å². The molecule has 0 radical (unpaired) electrons. The van der Waals surface area contributed by atoms with Crippen molar-refractivity contribution in [3.63, 3.8) is 0 Å². The quantitative estimate of drug-likeness (QED) is 0.647. The number of hydrogen-bond donors (Lipinski definition) is 3. The van der Waals surface area contributed by atoms with E-state index in [9.17, 15) is 9.90 Å². The summed E-state index contributed by atoms with van der Waals surface area (Å²) < 4.78 is 0. The van der Waals surface area contributed by atoms with Crippen molar-refractivity contribution in [2.24, 2.45) is 5.73 Å².